The molecule has 2 aromatic carbocycles. The van der Waals surface area contributed by atoms with Crippen LogP contribution in [0, 0.1) is 5.92 Å². The van der Waals surface area contributed by atoms with Crippen molar-refractivity contribution in [2.45, 2.75) is 58.0 Å². The van der Waals surface area contributed by atoms with E-state index < -0.39 is 12.1 Å². The van der Waals surface area contributed by atoms with Gasteiger partial charge in [-0.3, -0.25) is 9.59 Å². The third-order valence-corrected chi connectivity index (χ3v) is 6.66. The van der Waals surface area contributed by atoms with Gasteiger partial charge in [-0.25, -0.2) is 0 Å². The Morgan fingerprint density at radius 2 is 1.74 bits per heavy atom. The first-order chi connectivity index (χ1) is 16.2. The molecule has 0 aliphatic carbocycles. The number of Topliss-reactive ketones (excluding diaryl/α,β-unsaturated/α-hetero) is 1. The van der Waals surface area contributed by atoms with Crippen LogP contribution in [0.4, 0.5) is 0 Å². The first-order valence-electron chi connectivity index (χ1n) is 11.6. The fourth-order valence-corrected chi connectivity index (χ4v) is 4.97. The molecule has 3 aromatic rings. The van der Waals surface area contributed by atoms with Crippen molar-refractivity contribution >= 4 is 45.9 Å². The lowest BCUT2D eigenvalue weighted by atomic mass is 9.93. The maximum atomic E-state index is 13.3. The number of carbonyl (C=O) groups excluding carboxylic acids is 1. The number of carbonyl (C=O) groups is 2. The van der Waals surface area contributed by atoms with Crippen LogP contribution in [-0.2, 0) is 18.3 Å². The summed E-state index contributed by atoms with van der Waals surface area (Å²) in [6.45, 7) is 1.75. The summed E-state index contributed by atoms with van der Waals surface area (Å²) in [7, 11) is 1.84. The van der Waals surface area contributed by atoms with Gasteiger partial charge in [0.15, 0.2) is 5.78 Å². The molecule has 2 N–H and O–H groups in total. The van der Waals surface area contributed by atoms with E-state index in [4.69, 9.17) is 28.3 Å². The molecule has 7 heteroatoms. The minimum atomic E-state index is -0.931. The van der Waals surface area contributed by atoms with Crippen LogP contribution in [0.15, 0.2) is 42.5 Å². The van der Waals surface area contributed by atoms with Crippen molar-refractivity contribution in [1.29, 1.82) is 0 Å². The van der Waals surface area contributed by atoms with Crippen molar-refractivity contribution in [2.75, 3.05) is 0 Å². The van der Waals surface area contributed by atoms with Crippen molar-refractivity contribution < 1.29 is 19.8 Å². The number of unbranched alkanes of at least 4 members (excludes halogenated alkanes) is 2. The van der Waals surface area contributed by atoms with Crippen LogP contribution in [0.25, 0.3) is 10.9 Å². The van der Waals surface area contributed by atoms with Crippen LogP contribution in [0.2, 0.25) is 10.0 Å². The Kier molecular flexibility index (Phi) is 9.17. The van der Waals surface area contributed by atoms with Crippen LogP contribution in [0.5, 0.6) is 0 Å². The SMILES string of the molecule is C[C@@H](CC(=O)O)CC(=O)c1c([C@@H](O)CCCCCc2cccc(Cl)c2)n(C)c2ccc(Cl)cc12. The average molecular weight is 504 g/mol. The van der Waals surface area contributed by atoms with E-state index in [0.717, 1.165) is 36.2 Å². The highest BCUT2D eigenvalue weighted by atomic mass is 35.5. The third-order valence-electron chi connectivity index (χ3n) is 6.19. The van der Waals surface area contributed by atoms with Crippen LogP contribution in [-0.4, -0.2) is 26.5 Å². The first kappa shape index (κ1) is 26.3. The zero-order chi connectivity index (χ0) is 24.8. The van der Waals surface area contributed by atoms with Crippen LogP contribution in [0.1, 0.15) is 73.2 Å². The molecule has 0 spiro atoms. The van der Waals surface area contributed by atoms with Crippen molar-refractivity contribution in [3.05, 3.63) is 69.3 Å². The maximum absolute atomic E-state index is 13.3. The fraction of sp³-hybridized carbons (Fsp3) is 0.407. The Balaban J connectivity index is 1.74. The number of aromatic nitrogens is 1. The van der Waals surface area contributed by atoms with Crippen molar-refractivity contribution in [1.82, 2.24) is 4.57 Å². The number of hydrogen-bond donors (Lipinski definition) is 2. The summed E-state index contributed by atoms with van der Waals surface area (Å²) in [5.74, 6) is -1.41. The van der Waals surface area contributed by atoms with Crippen LogP contribution < -0.4 is 0 Å². The van der Waals surface area contributed by atoms with Gasteiger partial charge in [-0.05, 0) is 61.1 Å². The Labute approximate surface area is 210 Å². The van der Waals surface area contributed by atoms with Gasteiger partial charge >= 0.3 is 5.97 Å². The molecule has 0 aliphatic rings. The molecule has 0 bridgehead atoms. The Morgan fingerprint density at radius 1 is 1.00 bits per heavy atom. The second-order valence-corrected chi connectivity index (χ2v) is 9.93. The summed E-state index contributed by atoms with van der Waals surface area (Å²) in [6.07, 6.45) is 3.39. The second kappa shape index (κ2) is 11.9. The zero-order valence-electron chi connectivity index (χ0n) is 19.6. The number of aliphatic hydroxyl groups excluding tert-OH is 1. The predicted octanol–water partition coefficient (Wildman–Crippen LogP) is 7.01. The van der Waals surface area contributed by atoms with E-state index >= 15 is 0 Å². The molecule has 0 saturated carbocycles. The Morgan fingerprint density at radius 3 is 2.44 bits per heavy atom. The first-order valence-corrected chi connectivity index (χ1v) is 12.4. The van der Waals surface area contributed by atoms with E-state index in [1.54, 1.807) is 19.1 Å². The van der Waals surface area contributed by atoms with Gasteiger partial charge in [-0.15, -0.1) is 0 Å². The molecule has 3 rings (SSSR count). The lowest BCUT2D eigenvalue weighted by molar-refractivity contribution is -0.137. The Hall–Kier alpha value is -2.34. The number of aliphatic carboxylic acids is 1. The van der Waals surface area contributed by atoms with Gasteiger partial charge in [0.2, 0.25) is 0 Å². The fourth-order valence-electron chi connectivity index (χ4n) is 4.58. The molecule has 0 unspecified atom stereocenters. The number of ketones is 1. The maximum Gasteiger partial charge on any atom is 0.303 e. The molecule has 0 aliphatic heterocycles. The number of halogens is 2. The van der Waals surface area contributed by atoms with Crippen molar-refractivity contribution in [2.24, 2.45) is 13.0 Å². The number of carboxylic acid groups (broad SMARTS) is 1. The number of nitrogens with zero attached hydrogens (tertiary/aromatic N) is 1. The van der Waals surface area contributed by atoms with E-state index in [1.165, 1.54) is 5.56 Å². The molecule has 1 heterocycles. The van der Waals surface area contributed by atoms with Crippen LogP contribution in [0.3, 0.4) is 0 Å². The van der Waals surface area contributed by atoms with Gasteiger partial charge in [-0.2, -0.15) is 0 Å². The summed E-state index contributed by atoms with van der Waals surface area (Å²) in [6, 6.07) is 13.2. The summed E-state index contributed by atoms with van der Waals surface area (Å²) in [4.78, 5) is 24.4. The number of aryl methyl sites for hydroxylation is 2. The molecular weight excluding hydrogens is 473 g/mol. The summed E-state index contributed by atoms with van der Waals surface area (Å²) in [5, 5.41) is 22.1. The number of benzene rings is 2. The normalized spacial score (nSPS) is 13.2. The molecule has 0 fully saturated rings. The molecular formula is C27H31Cl2NO4. The van der Waals surface area contributed by atoms with Gasteiger partial charge in [0.25, 0.3) is 0 Å². The summed E-state index contributed by atoms with van der Waals surface area (Å²) < 4.78 is 1.86. The second-order valence-electron chi connectivity index (χ2n) is 9.06. The summed E-state index contributed by atoms with van der Waals surface area (Å²) in [5.41, 5.74) is 3.03. The highest BCUT2D eigenvalue weighted by molar-refractivity contribution is 6.31. The molecule has 5 nitrogen and oxygen atoms in total. The molecule has 0 amide bonds. The van der Waals surface area contributed by atoms with Crippen LogP contribution >= 0.6 is 23.2 Å². The quantitative estimate of drug-likeness (QED) is 0.206. The van der Waals surface area contributed by atoms with Gasteiger partial charge < -0.3 is 14.8 Å². The van der Waals surface area contributed by atoms with Gasteiger partial charge in [0.1, 0.15) is 0 Å². The van der Waals surface area contributed by atoms with E-state index in [-0.39, 0.29) is 24.5 Å². The number of rotatable bonds is 12. The van der Waals surface area contributed by atoms with Crippen molar-refractivity contribution in [3.8, 4) is 0 Å². The minimum Gasteiger partial charge on any atom is -0.481 e. The standard InChI is InChI=1S/C27H31Cl2NO4/c1-17(14-25(33)34)13-24(32)26-21-16-20(29)11-12-22(21)30(2)27(26)23(31)10-5-3-4-7-18-8-6-9-19(28)15-18/h6,8-9,11-12,15-17,23,31H,3-5,7,10,13-14H2,1-2H3,(H,33,34)/t17-,23+/m1/s1. The number of fused-ring (bicyclic) bond motifs is 1. The average Bonchev–Trinajstić information content (AvgIpc) is 3.04. The van der Waals surface area contributed by atoms with E-state index in [2.05, 4.69) is 6.07 Å². The molecule has 0 saturated heterocycles. The van der Waals surface area contributed by atoms with Gasteiger partial charge in [0.05, 0.1) is 11.8 Å². The monoisotopic (exact) mass is 503 g/mol. The number of aliphatic hydroxyl groups is 1. The molecule has 0 radical (unpaired) electrons. The lowest BCUT2D eigenvalue weighted by Crippen LogP contribution is -2.14. The van der Waals surface area contributed by atoms with Gasteiger partial charge in [-0.1, -0.05) is 55.1 Å². The minimum absolute atomic E-state index is 0.0816. The van der Waals surface area contributed by atoms with E-state index in [1.807, 2.05) is 35.9 Å². The highest BCUT2D eigenvalue weighted by Crippen LogP contribution is 2.35. The highest BCUT2D eigenvalue weighted by Gasteiger charge is 2.27. The van der Waals surface area contributed by atoms with Crippen molar-refractivity contribution in [3.63, 3.8) is 0 Å². The largest absolute Gasteiger partial charge is 0.481 e. The van der Waals surface area contributed by atoms with E-state index in [9.17, 15) is 14.7 Å². The predicted molar refractivity (Wildman–Crippen MR) is 137 cm³/mol. The third kappa shape index (κ3) is 6.62. The Bertz CT molecular complexity index is 1170. The molecule has 1 aromatic heterocycles. The number of hydrogen-bond acceptors (Lipinski definition) is 3. The van der Waals surface area contributed by atoms with E-state index in [0.29, 0.717) is 28.1 Å². The van der Waals surface area contributed by atoms with Gasteiger partial charge in [0, 0.05) is 46.4 Å². The number of carboxylic acids is 1. The molecule has 2 atom stereocenters. The zero-order valence-corrected chi connectivity index (χ0v) is 21.1. The smallest absolute Gasteiger partial charge is 0.303 e. The molecule has 34 heavy (non-hydrogen) atoms. The molecule has 182 valence electrons. The summed E-state index contributed by atoms with van der Waals surface area (Å²) >= 11 is 12.3. The topological polar surface area (TPSA) is 79.5 Å². The lowest BCUT2D eigenvalue weighted by Gasteiger charge is -2.16.